The molecule has 0 heterocycles. The number of benzene rings is 2. The number of rotatable bonds is 3. The van der Waals surface area contributed by atoms with E-state index in [0.29, 0.717) is 11.3 Å². The van der Waals surface area contributed by atoms with Crippen LogP contribution in [0, 0.1) is 5.82 Å². The Bertz CT molecular complexity index is 604. The molecular weight excluding hydrogens is 354 g/mol. The van der Waals surface area contributed by atoms with E-state index in [4.69, 9.17) is 27.9 Å². The molecule has 0 fully saturated rings. The largest absolute Gasteiger partial charge is 0.496 e. The van der Waals surface area contributed by atoms with E-state index in [1.54, 1.807) is 25.3 Å². The van der Waals surface area contributed by atoms with Crippen molar-refractivity contribution in [1.29, 1.82) is 0 Å². The molecule has 2 aromatic rings. The molecule has 0 saturated carbocycles. The summed E-state index contributed by atoms with van der Waals surface area (Å²) in [5.74, 6) is 0.232. The minimum atomic E-state index is -0.523. The normalized spacial score (nSPS) is 12.3. The predicted octanol–water partition coefficient (Wildman–Crippen LogP) is 5.58. The number of ether oxygens (including phenoxy) is 1. The Morgan fingerprint density at radius 3 is 2.63 bits per heavy atom. The van der Waals surface area contributed by atoms with Crippen LogP contribution in [0.3, 0.4) is 0 Å². The quantitative estimate of drug-likeness (QED) is 0.647. The lowest BCUT2D eigenvalue weighted by Gasteiger charge is -2.14. The average Bonchev–Trinajstić information content (AvgIpc) is 2.41. The van der Waals surface area contributed by atoms with Crippen LogP contribution >= 0.6 is 39.1 Å². The summed E-state index contributed by atoms with van der Waals surface area (Å²) in [6.07, 6.45) is 0. The molecule has 2 aromatic carbocycles. The first kappa shape index (κ1) is 14.6. The maximum Gasteiger partial charge on any atom is 0.142 e. The van der Waals surface area contributed by atoms with E-state index in [1.807, 2.05) is 12.1 Å². The Morgan fingerprint density at radius 1 is 1.26 bits per heavy atom. The van der Waals surface area contributed by atoms with E-state index in [9.17, 15) is 4.39 Å². The minimum Gasteiger partial charge on any atom is -0.496 e. The maximum atomic E-state index is 13.4. The molecule has 2 rings (SSSR count). The van der Waals surface area contributed by atoms with Gasteiger partial charge in [0.25, 0.3) is 0 Å². The van der Waals surface area contributed by atoms with Gasteiger partial charge < -0.3 is 4.74 Å². The van der Waals surface area contributed by atoms with Crippen LogP contribution in [0.1, 0.15) is 16.5 Å². The van der Waals surface area contributed by atoms with E-state index < -0.39 is 11.2 Å². The van der Waals surface area contributed by atoms with Gasteiger partial charge in [0.2, 0.25) is 0 Å². The highest BCUT2D eigenvalue weighted by Gasteiger charge is 2.17. The molecule has 100 valence electrons. The predicted molar refractivity (Wildman–Crippen MR) is 79.8 cm³/mol. The van der Waals surface area contributed by atoms with Crippen molar-refractivity contribution < 1.29 is 9.13 Å². The number of hydrogen-bond donors (Lipinski definition) is 0. The van der Waals surface area contributed by atoms with Gasteiger partial charge >= 0.3 is 0 Å². The van der Waals surface area contributed by atoms with Crippen LogP contribution in [0.2, 0.25) is 5.02 Å². The van der Waals surface area contributed by atoms with Gasteiger partial charge in [-0.2, -0.15) is 0 Å². The molecule has 0 aliphatic rings. The fourth-order valence-electron chi connectivity index (χ4n) is 1.74. The fourth-order valence-corrected chi connectivity index (χ4v) is 2.90. The number of hydrogen-bond acceptors (Lipinski definition) is 1. The van der Waals surface area contributed by atoms with Crippen molar-refractivity contribution in [3.05, 3.63) is 62.8 Å². The van der Waals surface area contributed by atoms with Gasteiger partial charge in [-0.15, -0.1) is 11.6 Å². The van der Waals surface area contributed by atoms with Crippen LogP contribution < -0.4 is 4.74 Å². The summed E-state index contributed by atoms with van der Waals surface area (Å²) in [4.78, 5) is 0. The second-order valence-corrected chi connectivity index (χ2v) is 5.57. The van der Waals surface area contributed by atoms with Crippen LogP contribution in [0.4, 0.5) is 4.39 Å². The number of methoxy groups -OCH3 is 1. The molecule has 0 radical (unpaired) electrons. The van der Waals surface area contributed by atoms with Crippen LogP contribution in [0.5, 0.6) is 5.75 Å². The van der Waals surface area contributed by atoms with E-state index in [2.05, 4.69) is 15.9 Å². The summed E-state index contributed by atoms with van der Waals surface area (Å²) < 4.78 is 19.4. The Labute approximate surface area is 129 Å². The van der Waals surface area contributed by atoms with Crippen molar-refractivity contribution in [2.24, 2.45) is 0 Å². The highest BCUT2D eigenvalue weighted by Crippen LogP contribution is 2.37. The first-order valence-electron chi connectivity index (χ1n) is 5.46. The van der Waals surface area contributed by atoms with Gasteiger partial charge in [0.15, 0.2) is 0 Å². The third-order valence-corrected chi connectivity index (χ3v) is 4.23. The van der Waals surface area contributed by atoms with Gasteiger partial charge in [0.1, 0.15) is 11.6 Å². The van der Waals surface area contributed by atoms with Crippen LogP contribution in [-0.4, -0.2) is 7.11 Å². The Morgan fingerprint density at radius 2 is 2.00 bits per heavy atom. The lowest BCUT2D eigenvalue weighted by atomic mass is 10.0. The van der Waals surface area contributed by atoms with E-state index in [-0.39, 0.29) is 5.02 Å². The SMILES string of the molecule is COc1ccc(C(Cl)c2cccc(F)c2Cl)cc1Br. The zero-order chi connectivity index (χ0) is 14.0. The van der Waals surface area contributed by atoms with Crippen molar-refractivity contribution in [3.63, 3.8) is 0 Å². The van der Waals surface area contributed by atoms with Gasteiger partial charge in [0, 0.05) is 0 Å². The Kier molecular flexibility index (Phi) is 4.71. The smallest absolute Gasteiger partial charge is 0.142 e. The van der Waals surface area contributed by atoms with Crippen molar-refractivity contribution in [1.82, 2.24) is 0 Å². The third-order valence-electron chi connectivity index (χ3n) is 2.72. The first-order valence-corrected chi connectivity index (χ1v) is 7.06. The molecule has 0 aromatic heterocycles. The molecule has 0 amide bonds. The molecule has 1 nitrogen and oxygen atoms in total. The molecule has 0 aliphatic carbocycles. The fraction of sp³-hybridized carbons (Fsp3) is 0.143. The van der Waals surface area contributed by atoms with Gasteiger partial charge in [-0.25, -0.2) is 4.39 Å². The summed E-state index contributed by atoms with van der Waals surface area (Å²) in [5, 5.41) is -0.472. The van der Waals surface area contributed by atoms with Crippen LogP contribution in [0.25, 0.3) is 0 Å². The maximum absolute atomic E-state index is 13.4. The van der Waals surface area contributed by atoms with Gasteiger partial charge in [-0.05, 0) is 45.3 Å². The number of halogens is 4. The molecule has 0 bridgehead atoms. The lowest BCUT2D eigenvalue weighted by molar-refractivity contribution is 0.412. The van der Waals surface area contributed by atoms with Crippen LogP contribution in [0.15, 0.2) is 40.9 Å². The number of alkyl halides is 1. The molecule has 1 unspecified atom stereocenters. The molecule has 1 atom stereocenters. The van der Waals surface area contributed by atoms with Crippen LogP contribution in [-0.2, 0) is 0 Å². The molecule has 0 spiro atoms. The summed E-state index contributed by atoms with van der Waals surface area (Å²) in [6.45, 7) is 0. The zero-order valence-corrected chi connectivity index (χ0v) is 13.1. The molecule has 5 heteroatoms. The summed E-state index contributed by atoms with van der Waals surface area (Å²) in [7, 11) is 1.58. The molecular formula is C14H10BrCl2FO. The van der Waals surface area contributed by atoms with E-state index in [1.165, 1.54) is 6.07 Å². The average molecular weight is 364 g/mol. The molecule has 0 saturated heterocycles. The Balaban J connectivity index is 2.41. The van der Waals surface area contributed by atoms with E-state index >= 15 is 0 Å². The molecule has 19 heavy (non-hydrogen) atoms. The van der Waals surface area contributed by atoms with Crippen molar-refractivity contribution in [2.45, 2.75) is 5.38 Å². The summed E-state index contributed by atoms with van der Waals surface area (Å²) in [5.41, 5.74) is 1.35. The highest BCUT2D eigenvalue weighted by molar-refractivity contribution is 9.10. The lowest BCUT2D eigenvalue weighted by Crippen LogP contribution is -1.97. The minimum absolute atomic E-state index is 0.0504. The van der Waals surface area contributed by atoms with E-state index in [0.717, 1.165) is 10.0 Å². The zero-order valence-electron chi connectivity index (χ0n) is 9.96. The second-order valence-electron chi connectivity index (χ2n) is 3.90. The van der Waals surface area contributed by atoms with Gasteiger partial charge in [-0.3, -0.25) is 0 Å². The standard InChI is InChI=1S/C14H10BrCl2FO/c1-19-12-6-5-8(7-10(12)15)13(16)9-3-2-4-11(18)14(9)17/h2-7,13H,1H3. The van der Waals surface area contributed by atoms with Crippen molar-refractivity contribution in [3.8, 4) is 5.75 Å². The topological polar surface area (TPSA) is 9.23 Å². The molecule has 0 aliphatic heterocycles. The first-order chi connectivity index (χ1) is 9.04. The third kappa shape index (κ3) is 3.04. The second kappa shape index (κ2) is 6.12. The summed E-state index contributed by atoms with van der Waals surface area (Å²) >= 11 is 15.7. The van der Waals surface area contributed by atoms with Gasteiger partial charge in [-0.1, -0.05) is 29.8 Å². The van der Waals surface area contributed by atoms with Crippen molar-refractivity contribution >= 4 is 39.1 Å². The molecule has 0 N–H and O–H groups in total. The Hall–Kier alpha value is -0.770. The van der Waals surface area contributed by atoms with Crippen molar-refractivity contribution in [2.75, 3.05) is 7.11 Å². The summed E-state index contributed by atoms with van der Waals surface area (Å²) in [6, 6.07) is 10.0. The highest BCUT2D eigenvalue weighted by atomic mass is 79.9. The van der Waals surface area contributed by atoms with Gasteiger partial charge in [0.05, 0.1) is 22.0 Å². The monoisotopic (exact) mass is 362 g/mol.